The van der Waals surface area contributed by atoms with Gasteiger partial charge in [-0.1, -0.05) is 12.8 Å². The van der Waals surface area contributed by atoms with Gasteiger partial charge in [0.2, 0.25) is 0 Å². The number of hydrogen-bond acceptors (Lipinski definition) is 5. The van der Waals surface area contributed by atoms with Gasteiger partial charge >= 0.3 is 0 Å². The third-order valence-electron chi connectivity index (χ3n) is 3.59. The van der Waals surface area contributed by atoms with Gasteiger partial charge in [0.25, 0.3) is 0 Å². The summed E-state index contributed by atoms with van der Waals surface area (Å²) in [6.07, 6.45) is 6.37. The van der Waals surface area contributed by atoms with Gasteiger partial charge in [-0.25, -0.2) is 0 Å². The second kappa shape index (κ2) is 13.8. The van der Waals surface area contributed by atoms with Crippen molar-refractivity contribution in [2.24, 2.45) is 11.5 Å². The van der Waals surface area contributed by atoms with E-state index in [-0.39, 0.29) is 6.10 Å². The van der Waals surface area contributed by atoms with Crippen molar-refractivity contribution < 1.29 is 5.11 Å². The van der Waals surface area contributed by atoms with E-state index in [0.717, 1.165) is 51.6 Å². The zero-order valence-corrected chi connectivity index (χ0v) is 13.4. The Bertz CT molecular complexity index is 184. The summed E-state index contributed by atoms with van der Waals surface area (Å²) >= 11 is 0. The highest BCUT2D eigenvalue weighted by atomic mass is 16.3. The van der Waals surface area contributed by atoms with Gasteiger partial charge in [-0.2, -0.15) is 0 Å². The van der Waals surface area contributed by atoms with Crippen LogP contribution in [0.15, 0.2) is 0 Å². The van der Waals surface area contributed by atoms with Gasteiger partial charge in [0, 0.05) is 25.2 Å². The topological polar surface area (TPSA) is 96.3 Å². The Morgan fingerprint density at radius 2 is 1.20 bits per heavy atom. The molecule has 0 aromatic carbocycles. The van der Waals surface area contributed by atoms with E-state index in [1.807, 2.05) is 0 Å². The standard InChI is InChI=1S/C15H36N4O/c1-13(7-3-5-9-16)18-11-15(20)12-19-14(2)8-4-6-10-17/h13-15,18-20H,3-12,16-17H2,1-2H3. The first-order valence-electron chi connectivity index (χ1n) is 8.15. The van der Waals surface area contributed by atoms with Crippen molar-refractivity contribution in [3.8, 4) is 0 Å². The van der Waals surface area contributed by atoms with Crippen LogP contribution in [-0.4, -0.2) is 49.5 Å². The molecular formula is C15H36N4O. The smallest absolute Gasteiger partial charge is 0.0788 e. The highest BCUT2D eigenvalue weighted by Gasteiger charge is 2.08. The van der Waals surface area contributed by atoms with Gasteiger partial charge in [-0.15, -0.1) is 0 Å². The quantitative estimate of drug-likeness (QED) is 0.301. The predicted molar refractivity (Wildman–Crippen MR) is 86.7 cm³/mol. The minimum atomic E-state index is -0.330. The number of nitrogens with two attached hydrogens (primary N) is 2. The molecule has 20 heavy (non-hydrogen) atoms. The fourth-order valence-corrected chi connectivity index (χ4v) is 2.14. The largest absolute Gasteiger partial charge is 0.390 e. The number of unbranched alkanes of at least 4 members (excludes halogenated alkanes) is 2. The molecule has 2 atom stereocenters. The van der Waals surface area contributed by atoms with Crippen LogP contribution in [0.5, 0.6) is 0 Å². The van der Waals surface area contributed by atoms with E-state index < -0.39 is 0 Å². The second-order valence-electron chi connectivity index (χ2n) is 5.84. The van der Waals surface area contributed by atoms with E-state index in [0.29, 0.717) is 25.2 Å². The molecule has 122 valence electrons. The molecule has 0 aliphatic heterocycles. The lowest BCUT2D eigenvalue weighted by Crippen LogP contribution is -2.41. The van der Waals surface area contributed by atoms with Crippen molar-refractivity contribution in [1.29, 1.82) is 0 Å². The van der Waals surface area contributed by atoms with Crippen LogP contribution in [0.1, 0.15) is 52.4 Å². The van der Waals surface area contributed by atoms with Gasteiger partial charge in [0.1, 0.15) is 0 Å². The first-order chi connectivity index (χ1) is 9.60. The van der Waals surface area contributed by atoms with Crippen molar-refractivity contribution in [3.63, 3.8) is 0 Å². The molecule has 0 bridgehead atoms. The minimum absolute atomic E-state index is 0.330. The van der Waals surface area contributed by atoms with Crippen LogP contribution in [0.3, 0.4) is 0 Å². The molecule has 5 heteroatoms. The molecule has 0 aromatic heterocycles. The van der Waals surface area contributed by atoms with Crippen LogP contribution in [0.4, 0.5) is 0 Å². The van der Waals surface area contributed by atoms with Crippen molar-refractivity contribution in [1.82, 2.24) is 10.6 Å². The zero-order chi connectivity index (χ0) is 15.2. The molecule has 0 heterocycles. The van der Waals surface area contributed by atoms with Crippen molar-refractivity contribution >= 4 is 0 Å². The van der Waals surface area contributed by atoms with E-state index in [1.165, 1.54) is 0 Å². The molecule has 0 saturated heterocycles. The van der Waals surface area contributed by atoms with Gasteiger partial charge in [0.05, 0.1) is 6.10 Å². The fraction of sp³-hybridized carbons (Fsp3) is 1.00. The lowest BCUT2D eigenvalue weighted by atomic mass is 10.1. The summed E-state index contributed by atoms with van der Waals surface area (Å²) in [6, 6.07) is 0.886. The molecule has 0 spiro atoms. The monoisotopic (exact) mass is 288 g/mol. The van der Waals surface area contributed by atoms with Gasteiger partial charge in [-0.3, -0.25) is 0 Å². The molecule has 0 aliphatic carbocycles. The van der Waals surface area contributed by atoms with Crippen LogP contribution in [0, 0.1) is 0 Å². The normalized spacial score (nSPS) is 16.1. The van der Waals surface area contributed by atoms with E-state index in [2.05, 4.69) is 24.5 Å². The molecule has 0 amide bonds. The first-order valence-corrected chi connectivity index (χ1v) is 8.15. The van der Waals surface area contributed by atoms with Gasteiger partial charge in [-0.05, 0) is 52.6 Å². The van der Waals surface area contributed by atoms with Crippen LogP contribution in [-0.2, 0) is 0 Å². The highest BCUT2D eigenvalue weighted by molar-refractivity contribution is 4.70. The third-order valence-corrected chi connectivity index (χ3v) is 3.59. The Labute approximate surface area is 124 Å². The highest BCUT2D eigenvalue weighted by Crippen LogP contribution is 2.00. The molecule has 2 unspecified atom stereocenters. The molecule has 5 nitrogen and oxygen atoms in total. The molecule has 0 aromatic rings. The molecule has 0 rings (SSSR count). The van der Waals surface area contributed by atoms with Crippen molar-refractivity contribution in [2.75, 3.05) is 26.2 Å². The summed E-state index contributed by atoms with van der Waals surface area (Å²) in [4.78, 5) is 0. The minimum Gasteiger partial charge on any atom is -0.390 e. The first kappa shape index (κ1) is 19.8. The van der Waals surface area contributed by atoms with Crippen LogP contribution >= 0.6 is 0 Å². The summed E-state index contributed by atoms with van der Waals surface area (Å²) in [7, 11) is 0. The molecule has 0 radical (unpaired) electrons. The summed E-state index contributed by atoms with van der Waals surface area (Å²) in [5.74, 6) is 0. The number of nitrogens with one attached hydrogen (secondary N) is 2. The number of hydrogen-bond donors (Lipinski definition) is 5. The van der Waals surface area contributed by atoms with Crippen molar-refractivity contribution in [2.45, 2.75) is 70.6 Å². The van der Waals surface area contributed by atoms with Crippen LogP contribution in [0.25, 0.3) is 0 Å². The summed E-state index contributed by atoms with van der Waals surface area (Å²) in [6.45, 7) is 7.14. The Morgan fingerprint density at radius 3 is 1.55 bits per heavy atom. The average Bonchev–Trinajstić information content (AvgIpc) is 2.43. The molecule has 0 aliphatic rings. The average molecular weight is 288 g/mol. The Balaban J connectivity index is 3.49. The summed E-state index contributed by atoms with van der Waals surface area (Å²) in [5.41, 5.74) is 10.9. The maximum absolute atomic E-state index is 9.93. The molecule has 0 saturated carbocycles. The van der Waals surface area contributed by atoms with Crippen LogP contribution < -0.4 is 22.1 Å². The number of aliphatic hydroxyl groups is 1. The van der Waals surface area contributed by atoms with E-state index in [1.54, 1.807) is 0 Å². The Hall–Kier alpha value is -0.200. The number of aliphatic hydroxyl groups excluding tert-OH is 1. The summed E-state index contributed by atoms with van der Waals surface area (Å²) in [5, 5.41) is 16.7. The van der Waals surface area contributed by atoms with Crippen molar-refractivity contribution in [3.05, 3.63) is 0 Å². The van der Waals surface area contributed by atoms with E-state index >= 15 is 0 Å². The fourth-order valence-electron chi connectivity index (χ4n) is 2.14. The molecular weight excluding hydrogens is 252 g/mol. The third kappa shape index (κ3) is 12.8. The number of rotatable bonds is 14. The maximum atomic E-state index is 9.93. The lowest BCUT2D eigenvalue weighted by molar-refractivity contribution is 0.160. The summed E-state index contributed by atoms with van der Waals surface area (Å²) < 4.78 is 0. The Kier molecular flexibility index (Phi) is 13.6. The Morgan fingerprint density at radius 1 is 0.800 bits per heavy atom. The van der Waals surface area contributed by atoms with Crippen LogP contribution in [0.2, 0.25) is 0 Å². The van der Waals surface area contributed by atoms with Gasteiger partial charge in [0.15, 0.2) is 0 Å². The molecule has 7 N–H and O–H groups in total. The van der Waals surface area contributed by atoms with Gasteiger partial charge < -0.3 is 27.2 Å². The predicted octanol–water partition coefficient (Wildman–Crippen LogP) is 0.562. The molecule has 0 fully saturated rings. The SMILES string of the molecule is CC(CCCCN)NCC(O)CNC(C)CCCCN. The van der Waals surface area contributed by atoms with E-state index in [9.17, 15) is 5.11 Å². The van der Waals surface area contributed by atoms with E-state index in [4.69, 9.17) is 11.5 Å². The second-order valence-corrected chi connectivity index (χ2v) is 5.84. The lowest BCUT2D eigenvalue weighted by Gasteiger charge is -2.20. The zero-order valence-electron chi connectivity index (χ0n) is 13.4. The maximum Gasteiger partial charge on any atom is 0.0788 e.